The van der Waals surface area contributed by atoms with Crippen LogP contribution in [0.5, 0.6) is 11.6 Å². The number of anilines is 1. The van der Waals surface area contributed by atoms with Crippen LogP contribution in [0.2, 0.25) is 5.02 Å². The van der Waals surface area contributed by atoms with Gasteiger partial charge in [-0.25, -0.2) is 4.98 Å². The smallest absolute Gasteiger partial charge is 0.220 e. The number of aryl methyl sites for hydroxylation is 2. The fourth-order valence-electron chi connectivity index (χ4n) is 1.68. The van der Waals surface area contributed by atoms with E-state index in [1.54, 1.807) is 12.1 Å². The molecule has 0 atom stereocenters. The molecule has 0 radical (unpaired) electrons. The molecule has 0 amide bonds. The molecule has 2 N–H and O–H groups in total. The molecule has 19 heavy (non-hydrogen) atoms. The summed E-state index contributed by atoms with van der Waals surface area (Å²) >= 11 is 6.09. The van der Waals surface area contributed by atoms with Crippen molar-refractivity contribution in [2.45, 2.75) is 13.8 Å². The molecule has 1 aromatic heterocycles. The molecule has 0 unspecified atom stereocenters. The van der Waals surface area contributed by atoms with E-state index in [1.807, 2.05) is 32.0 Å². The molecular formula is C14H12ClN3O. The second-order valence-electron chi connectivity index (χ2n) is 4.17. The Kier molecular flexibility index (Phi) is 3.59. The van der Waals surface area contributed by atoms with Gasteiger partial charge in [0.05, 0.1) is 5.69 Å². The molecule has 1 heterocycles. The van der Waals surface area contributed by atoms with Gasteiger partial charge in [0.2, 0.25) is 5.88 Å². The van der Waals surface area contributed by atoms with Crippen LogP contribution in [0.25, 0.3) is 0 Å². The summed E-state index contributed by atoms with van der Waals surface area (Å²) in [4.78, 5) is 4.03. The van der Waals surface area contributed by atoms with E-state index in [9.17, 15) is 0 Å². The molecule has 0 saturated carbocycles. The van der Waals surface area contributed by atoms with Gasteiger partial charge < -0.3 is 10.5 Å². The van der Waals surface area contributed by atoms with Crippen molar-refractivity contribution in [3.8, 4) is 17.7 Å². The maximum atomic E-state index is 8.87. The Morgan fingerprint density at radius 1 is 1.26 bits per heavy atom. The summed E-state index contributed by atoms with van der Waals surface area (Å²) in [5.41, 5.74) is 7.94. The molecule has 0 aliphatic carbocycles. The zero-order chi connectivity index (χ0) is 14.0. The third-order valence-electron chi connectivity index (χ3n) is 2.64. The Morgan fingerprint density at radius 3 is 2.47 bits per heavy atom. The third kappa shape index (κ3) is 2.78. The molecule has 0 aliphatic rings. The van der Waals surface area contributed by atoms with Crippen molar-refractivity contribution in [1.29, 1.82) is 5.26 Å². The summed E-state index contributed by atoms with van der Waals surface area (Å²) in [5, 5.41) is 9.59. The van der Waals surface area contributed by atoms with E-state index >= 15 is 0 Å². The number of benzene rings is 1. The number of hydrogen-bond donors (Lipinski definition) is 1. The highest BCUT2D eigenvalue weighted by atomic mass is 35.5. The molecule has 4 nitrogen and oxygen atoms in total. The topological polar surface area (TPSA) is 71.9 Å². The number of ether oxygens (including phenoxy) is 1. The quantitative estimate of drug-likeness (QED) is 0.907. The lowest BCUT2D eigenvalue weighted by Crippen LogP contribution is -1.96. The number of nitrogens with two attached hydrogens (primary N) is 1. The van der Waals surface area contributed by atoms with Crippen LogP contribution < -0.4 is 10.5 Å². The minimum Gasteiger partial charge on any atom is -0.439 e. The highest BCUT2D eigenvalue weighted by Gasteiger charge is 2.07. The molecule has 1 aromatic carbocycles. The maximum absolute atomic E-state index is 8.87. The second kappa shape index (κ2) is 5.17. The number of halogens is 1. The highest BCUT2D eigenvalue weighted by Crippen LogP contribution is 2.29. The van der Waals surface area contributed by atoms with Crippen molar-refractivity contribution in [2.75, 3.05) is 5.73 Å². The van der Waals surface area contributed by atoms with Crippen molar-refractivity contribution in [3.05, 3.63) is 46.1 Å². The average Bonchev–Trinajstić information content (AvgIpc) is 2.38. The van der Waals surface area contributed by atoms with Crippen LogP contribution in [0, 0.1) is 25.2 Å². The van der Waals surface area contributed by atoms with Crippen LogP contribution in [0.15, 0.2) is 24.3 Å². The molecule has 0 fully saturated rings. The van der Waals surface area contributed by atoms with Crippen molar-refractivity contribution in [2.24, 2.45) is 0 Å². The third-order valence-corrected chi connectivity index (χ3v) is 3.24. The number of pyridine rings is 1. The number of nitrogens with zero attached hydrogens (tertiary/aromatic N) is 2. The molecule has 0 spiro atoms. The van der Waals surface area contributed by atoms with Gasteiger partial charge in [0.1, 0.15) is 11.8 Å². The predicted molar refractivity (Wildman–Crippen MR) is 74.4 cm³/mol. The molecule has 5 heteroatoms. The number of nitriles is 1. The Morgan fingerprint density at radius 2 is 1.89 bits per heavy atom. The summed E-state index contributed by atoms with van der Waals surface area (Å²) < 4.78 is 5.62. The largest absolute Gasteiger partial charge is 0.439 e. The van der Waals surface area contributed by atoms with E-state index in [2.05, 4.69) is 4.98 Å². The van der Waals surface area contributed by atoms with Gasteiger partial charge in [0.25, 0.3) is 0 Å². The van der Waals surface area contributed by atoms with E-state index in [-0.39, 0.29) is 5.69 Å². The van der Waals surface area contributed by atoms with Crippen LogP contribution in [0.4, 0.5) is 5.69 Å². The van der Waals surface area contributed by atoms with E-state index in [0.717, 1.165) is 16.1 Å². The normalized spacial score (nSPS) is 10.0. The first-order valence-electron chi connectivity index (χ1n) is 5.62. The summed E-state index contributed by atoms with van der Waals surface area (Å²) in [6.07, 6.45) is 0. The zero-order valence-corrected chi connectivity index (χ0v) is 11.3. The molecule has 2 rings (SSSR count). The Balaban J connectivity index is 2.34. The highest BCUT2D eigenvalue weighted by molar-refractivity contribution is 6.32. The standard InChI is InChI=1S/C14H12ClN3O/c1-8-5-10(6-9(2)14(8)15)19-13-4-3-11(17)12(7-16)18-13/h3-6H,17H2,1-2H3. The van der Waals surface area contributed by atoms with E-state index in [1.165, 1.54) is 0 Å². The summed E-state index contributed by atoms with van der Waals surface area (Å²) in [6, 6.07) is 8.77. The average molecular weight is 274 g/mol. The van der Waals surface area contributed by atoms with Gasteiger partial charge in [0, 0.05) is 11.1 Å². The van der Waals surface area contributed by atoms with Crippen LogP contribution >= 0.6 is 11.6 Å². The van der Waals surface area contributed by atoms with Gasteiger partial charge in [-0.2, -0.15) is 5.26 Å². The maximum Gasteiger partial charge on any atom is 0.220 e. The van der Waals surface area contributed by atoms with Crippen molar-refractivity contribution in [3.63, 3.8) is 0 Å². The first-order chi connectivity index (χ1) is 9.01. The number of hydrogen-bond acceptors (Lipinski definition) is 4. The van der Waals surface area contributed by atoms with E-state index in [0.29, 0.717) is 17.3 Å². The summed E-state index contributed by atoms with van der Waals surface area (Å²) in [5.74, 6) is 0.951. The Bertz CT molecular complexity index is 654. The molecule has 0 aliphatic heterocycles. The Labute approximate surface area is 116 Å². The van der Waals surface area contributed by atoms with Gasteiger partial charge in [-0.1, -0.05) is 11.6 Å². The predicted octanol–water partition coefficient (Wildman–Crippen LogP) is 3.60. The molecule has 0 bridgehead atoms. The lowest BCUT2D eigenvalue weighted by atomic mass is 10.1. The fraction of sp³-hybridized carbons (Fsp3) is 0.143. The lowest BCUT2D eigenvalue weighted by molar-refractivity contribution is 0.462. The minimum atomic E-state index is 0.153. The number of aromatic nitrogens is 1. The second-order valence-corrected chi connectivity index (χ2v) is 4.55. The van der Waals surface area contributed by atoms with E-state index < -0.39 is 0 Å². The molecule has 2 aromatic rings. The first kappa shape index (κ1) is 13.2. The van der Waals surface area contributed by atoms with Gasteiger partial charge in [0.15, 0.2) is 5.69 Å². The molecule has 96 valence electrons. The first-order valence-corrected chi connectivity index (χ1v) is 6.00. The number of nitrogen functional groups attached to an aromatic ring is 1. The zero-order valence-electron chi connectivity index (χ0n) is 10.6. The summed E-state index contributed by atoms with van der Waals surface area (Å²) in [6.45, 7) is 3.80. The van der Waals surface area contributed by atoms with Crippen LogP contribution in [-0.4, -0.2) is 4.98 Å². The monoisotopic (exact) mass is 273 g/mol. The fourth-order valence-corrected chi connectivity index (χ4v) is 1.79. The van der Waals surface area contributed by atoms with Crippen LogP contribution in [0.1, 0.15) is 16.8 Å². The SMILES string of the molecule is Cc1cc(Oc2ccc(N)c(C#N)n2)cc(C)c1Cl. The van der Waals surface area contributed by atoms with Gasteiger partial charge in [-0.15, -0.1) is 0 Å². The van der Waals surface area contributed by atoms with Crippen molar-refractivity contribution < 1.29 is 4.74 Å². The minimum absolute atomic E-state index is 0.153. The van der Waals surface area contributed by atoms with Crippen LogP contribution in [-0.2, 0) is 0 Å². The van der Waals surface area contributed by atoms with Gasteiger partial charge in [-0.05, 0) is 43.2 Å². The molecule has 0 saturated heterocycles. The summed E-state index contributed by atoms with van der Waals surface area (Å²) in [7, 11) is 0. The van der Waals surface area contributed by atoms with E-state index in [4.69, 9.17) is 27.3 Å². The lowest BCUT2D eigenvalue weighted by Gasteiger charge is -2.09. The Hall–Kier alpha value is -2.25. The van der Waals surface area contributed by atoms with Crippen LogP contribution in [0.3, 0.4) is 0 Å². The molecular weight excluding hydrogens is 262 g/mol. The number of rotatable bonds is 2. The van der Waals surface area contributed by atoms with Gasteiger partial charge >= 0.3 is 0 Å². The van der Waals surface area contributed by atoms with Gasteiger partial charge in [-0.3, -0.25) is 0 Å². The van der Waals surface area contributed by atoms with Crippen molar-refractivity contribution >= 4 is 17.3 Å². The van der Waals surface area contributed by atoms with Crippen molar-refractivity contribution in [1.82, 2.24) is 4.98 Å².